The van der Waals surface area contributed by atoms with Gasteiger partial charge in [-0.15, -0.1) is 0 Å². The molecule has 15 heavy (non-hydrogen) atoms. The summed E-state index contributed by atoms with van der Waals surface area (Å²) in [6.07, 6.45) is 7.50. The van der Waals surface area contributed by atoms with E-state index in [0.29, 0.717) is 6.04 Å². The molecule has 0 saturated heterocycles. The molecule has 1 fully saturated rings. The van der Waals surface area contributed by atoms with Crippen molar-refractivity contribution in [2.75, 3.05) is 0 Å². The van der Waals surface area contributed by atoms with Gasteiger partial charge in [0, 0.05) is 6.04 Å². The van der Waals surface area contributed by atoms with E-state index in [0.717, 1.165) is 24.7 Å². The number of hydrogen-bond acceptors (Lipinski definition) is 1. The van der Waals surface area contributed by atoms with Crippen LogP contribution in [-0.4, -0.2) is 11.9 Å². The fraction of sp³-hybridized carbons (Fsp3) is 0.769. The fourth-order valence-electron chi connectivity index (χ4n) is 2.47. The predicted octanol–water partition coefficient (Wildman–Crippen LogP) is 2.89. The minimum absolute atomic E-state index is 0.0256. The van der Waals surface area contributed by atoms with Crippen LogP contribution < -0.4 is 5.32 Å². The average molecular weight is 209 g/mol. The third kappa shape index (κ3) is 4.50. The second kappa shape index (κ2) is 5.94. The van der Waals surface area contributed by atoms with Gasteiger partial charge in [-0.05, 0) is 50.0 Å². The minimum atomic E-state index is -0.0256. The summed E-state index contributed by atoms with van der Waals surface area (Å²) in [5.41, 5.74) is 0. The topological polar surface area (TPSA) is 29.1 Å². The van der Waals surface area contributed by atoms with Crippen molar-refractivity contribution in [2.24, 2.45) is 11.8 Å². The van der Waals surface area contributed by atoms with E-state index in [1.54, 1.807) is 0 Å². The van der Waals surface area contributed by atoms with Gasteiger partial charge >= 0.3 is 0 Å². The van der Waals surface area contributed by atoms with Gasteiger partial charge in [-0.2, -0.15) is 0 Å². The summed E-state index contributed by atoms with van der Waals surface area (Å²) >= 11 is 0. The zero-order valence-electron chi connectivity index (χ0n) is 9.96. The summed E-state index contributed by atoms with van der Waals surface area (Å²) in [4.78, 5) is 11.1. The lowest BCUT2D eigenvalue weighted by atomic mass is 9.81. The molecule has 2 nitrogen and oxygen atoms in total. The highest BCUT2D eigenvalue weighted by Gasteiger charge is 2.22. The first-order chi connectivity index (χ1) is 7.11. The van der Waals surface area contributed by atoms with Crippen LogP contribution in [-0.2, 0) is 4.79 Å². The molecule has 0 radical (unpaired) electrons. The Bertz CT molecular complexity index is 215. The molecule has 1 rings (SSSR count). The van der Waals surface area contributed by atoms with Crippen LogP contribution >= 0.6 is 0 Å². The second-order valence-corrected chi connectivity index (χ2v) is 5.06. The number of nitrogens with one attached hydrogen (secondary N) is 1. The van der Waals surface area contributed by atoms with Gasteiger partial charge in [0.25, 0.3) is 0 Å². The zero-order valence-corrected chi connectivity index (χ0v) is 9.96. The molecule has 2 heteroatoms. The summed E-state index contributed by atoms with van der Waals surface area (Å²) < 4.78 is 0. The molecular formula is C13H23NO. The van der Waals surface area contributed by atoms with Crippen LogP contribution in [0.2, 0.25) is 0 Å². The summed E-state index contributed by atoms with van der Waals surface area (Å²) in [5.74, 6) is 1.65. The maximum atomic E-state index is 11.1. The normalized spacial score (nSPS) is 26.3. The van der Waals surface area contributed by atoms with E-state index < -0.39 is 0 Å². The molecule has 1 saturated carbocycles. The van der Waals surface area contributed by atoms with Gasteiger partial charge in [0.2, 0.25) is 5.91 Å². The van der Waals surface area contributed by atoms with Crippen molar-refractivity contribution in [3.05, 3.63) is 12.7 Å². The Morgan fingerprint density at radius 1 is 1.40 bits per heavy atom. The van der Waals surface area contributed by atoms with Crippen molar-refractivity contribution in [2.45, 2.75) is 52.0 Å². The second-order valence-electron chi connectivity index (χ2n) is 5.06. The fourth-order valence-corrected chi connectivity index (χ4v) is 2.47. The highest BCUT2D eigenvalue weighted by atomic mass is 16.1. The van der Waals surface area contributed by atoms with E-state index in [2.05, 4.69) is 25.7 Å². The van der Waals surface area contributed by atoms with Crippen molar-refractivity contribution < 1.29 is 4.79 Å². The molecule has 0 aromatic rings. The Kier molecular flexibility index (Phi) is 4.86. The predicted molar refractivity (Wildman–Crippen MR) is 63.5 cm³/mol. The van der Waals surface area contributed by atoms with Crippen LogP contribution in [0.3, 0.4) is 0 Å². The monoisotopic (exact) mass is 209 g/mol. The first kappa shape index (κ1) is 12.3. The Labute approximate surface area is 93.1 Å². The van der Waals surface area contributed by atoms with Gasteiger partial charge in [0.05, 0.1) is 0 Å². The van der Waals surface area contributed by atoms with Crippen LogP contribution in [0.25, 0.3) is 0 Å². The maximum absolute atomic E-state index is 11.1. The number of hydrogen-bond donors (Lipinski definition) is 1. The largest absolute Gasteiger partial charge is 0.350 e. The average Bonchev–Trinajstić information content (AvgIpc) is 2.20. The Morgan fingerprint density at radius 2 is 2.00 bits per heavy atom. The van der Waals surface area contributed by atoms with Crippen molar-refractivity contribution >= 4 is 5.91 Å². The molecule has 1 aliphatic rings. The van der Waals surface area contributed by atoms with E-state index in [-0.39, 0.29) is 5.91 Å². The number of rotatable bonds is 4. The SMILES string of the molecule is C=CC(=O)NC1CCC(CC(C)C)CC1. The lowest BCUT2D eigenvalue weighted by molar-refractivity contribution is -0.117. The molecule has 0 bridgehead atoms. The molecule has 1 aliphatic carbocycles. The lowest BCUT2D eigenvalue weighted by Gasteiger charge is -2.29. The molecule has 86 valence electrons. The van der Waals surface area contributed by atoms with E-state index in [1.807, 2.05) is 0 Å². The van der Waals surface area contributed by atoms with Gasteiger partial charge in [0.15, 0.2) is 0 Å². The first-order valence-corrected chi connectivity index (χ1v) is 6.04. The van der Waals surface area contributed by atoms with E-state index in [9.17, 15) is 4.79 Å². The number of carbonyl (C=O) groups is 1. The van der Waals surface area contributed by atoms with Crippen LogP contribution in [0, 0.1) is 11.8 Å². The van der Waals surface area contributed by atoms with Gasteiger partial charge < -0.3 is 5.32 Å². The molecule has 0 aromatic heterocycles. The van der Waals surface area contributed by atoms with E-state index >= 15 is 0 Å². The Balaban J connectivity index is 2.23. The highest BCUT2D eigenvalue weighted by Crippen LogP contribution is 2.29. The van der Waals surface area contributed by atoms with E-state index in [1.165, 1.54) is 25.3 Å². The molecule has 0 aromatic carbocycles. The highest BCUT2D eigenvalue weighted by molar-refractivity contribution is 5.87. The summed E-state index contributed by atoms with van der Waals surface area (Å²) in [6, 6.07) is 0.388. The Hall–Kier alpha value is -0.790. The van der Waals surface area contributed by atoms with Gasteiger partial charge in [-0.3, -0.25) is 4.79 Å². The first-order valence-electron chi connectivity index (χ1n) is 6.04. The molecule has 0 aliphatic heterocycles. The minimum Gasteiger partial charge on any atom is -0.350 e. The zero-order chi connectivity index (χ0) is 11.3. The molecule has 0 spiro atoms. The van der Waals surface area contributed by atoms with Crippen molar-refractivity contribution in [1.29, 1.82) is 0 Å². The third-order valence-electron chi connectivity index (χ3n) is 3.18. The maximum Gasteiger partial charge on any atom is 0.243 e. The van der Waals surface area contributed by atoms with Gasteiger partial charge in [0.1, 0.15) is 0 Å². The number of amides is 1. The van der Waals surface area contributed by atoms with E-state index in [4.69, 9.17) is 0 Å². The molecule has 0 heterocycles. The molecular weight excluding hydrogens is 186 g/mol. The molecule has 0 atom stereocenters. The summed E-state index contributed by atoms with van der Waals surface area (Å²) in [6.45, 7) is 8.03. The smallest absolute Gasteiger partial charge is 0.243 e. The van der Waals surface area contributed by atoms with Crippen LogP contribution in [0.15, 0.2) is 12.7 Å². The molecule has 1 N–H and O–H groups in total. The van der Waals surface area contributed by atoms with Crippen LogP contribution in [0.4, 0.5) is 0 Å². The summed E-state index contributed by atoms with van der Waals surface area (Å²) in [5, 5.41) is 2.99. The Morgan fingerprint density at radius 3 is 2.47 bits per heavy atom. The lowest BCUT2D eigenvalue weighted by Crippen LogP contribution is -2.36. The van der Waals surface area contributed by atoms with Crippen molar-refractivity contribution in [1.82, 2.24) is 5.32 Å². The van der Waals surface area contributed by atoms with Gasteiger partial charge in [-0.25, -0.2) is 0 Å². The standard InChI is InChI=1S/C13H23NO/c1-4-13(15)14-12-7-5-11(6-8-12)9-10(2)3/h4,10-12H,1,5-9H2,2-3H3,(H,14,15). The third-order valence-corrected chi connectivity index (χ3v) is 3.18. The summed E-state index contributed by atoms with van der Waals surface area (Å²) in [7, 11) is 0. The quantitative estimate of drug-likeness (QED) is 0.709. The van der Waals surface area contributed by atoms with Crippen molar-refractivity contribution in [3.63, 3.8) is 0 Å². The van der Waals surface area contributed by atoms with Crippen LogP contribution in [0.1, 0.15) is 46.0 Å². The van der Waals surface area contributed by atoms with Crippen LogP contribution in [0.5, 0.6) is 0 Å². The number of carbonyl (C=O) groups excluding carboxylic acids is 1. The molecule has 1 amide bonds. The van der Waals surface area contributed by atoms with Crippen molar-refractivity contribution in [3.8, 4) is 0 Å². The molecule has 0 unspecified atom stereocenters. The van der Waals surface area contributed by atoms with Gasteiger partial charge in [-0.1, -0.05) is 20.4 Å².